The SMILES string of the molecule is CCC[Si](C)(Cl)C#C[Si](C)(Cl)CCC. The topological polar surface area (TPSA) is 0 Å². The third kappa shape index (κ3) is 6.94. The van der Waals surface area contributed by atoms with Crippen LogP contribution in [0.2, 0.25) is 25.2 Å². The molecule has 4 heteroatoms. The van der Waals surface area contributed by atoms with Gasteiger partial charge in [0.05, 0.1) is 0 Å². The number of rotatable bonds is 4. The fraction of sp³-hybridized carbons (Fsp3) is 0.800. The lowest BCUT2D eigenvalue weighted by molar-refractivity contribution is 1.06. The smallest absolute Gasteiger partial charge is 0.150 e. The van der Waals surface area contributed by atoms with Crippen LogP contribution in [0.15, 0.2) is 0 Å². The van der Waals surface area contributed by atoms with E-state index in [1.807, 2.05) is 0 Å². The second-order valence-corrected chi connectivity index (χ2v) is 15.4. The van der Waals surface area contributed by atoms with E-state index in [2.05, 4.69) is 38.0 Å². The van der Waals surface area contributed by atoms with Crippen molar-refractivity contribution in [2.24, 2.45) is 0 Å². The highest BCUT2D eigenvalue weighted by Gasteiger charge is 2.24. The Morgan fingerprint density at radius 1 is 0.857 bits per heavy atom. The minimum absolute atomic E-state index is 1.06. The molecule has 14 heavy (non-hydrogen) atoms. The Hall–Kier alpha value is 0.574. The molecule has 0 aliphatic heterocycles. The Kier molecular flexibility index (Phi) is 6.48. The molecule has 0 aromatic rings. The Morgan fingerprint density at radius 3 is 1.36 bits per heavy atom. The molecular weight excluding hydrogens is 247 g/mol. The van der Waals surface area contributed by atoms with Crippen LogP contribution < -0.4 is 0 Å². The summed E-state index contributed by atoms with van der Waals surface area (Å²) in [5.41, 5.74) is 6.54. The number of halogens is 2. The summed E-state index contributed by atoms with van der Waals surface area (Å²) in [7, 11) is -3.56. The van der Waals surface area contributed by atoms with Gasteiger partial charge < -0.3 is 0 Å². The van der Waals surface area contributed by atoms with Crippen LogP contribution in [0.4, 0.5) is 0 Å². The van der Waals surface area contributed by atoms with Crippen LogP contribution in [-0.2, 0) is 0 Å². The molecule has 0 nitrogen and oxygen atoms in total. The normalized spacial score (nSPS) is 19.0. The standard InChI is InChI=1S/C10H20Cl2Si2/c1-5-7-13(3,11)9-10-14(4,12)8-6-2/h5-8H2,1-4H3. The van der Waals surface area contributed by atoms with Crippen LogP contribution >= 0.6 is 22.2 Å². The Balaban J connectivity index is 4.39. The molecule has 0 aromatic carbocycles. The van der Waals surface area contributed by atoms with Crippen molar-refractivity contribution in [2.75, 3.05) is 0 Å². The van der Waals surface area contributed by atoms with Gasteiger partial charge >= 0.3 is 0 Å². The number of hydrogen-bond acceptors (Lipinski definition) is 0. The first-order valence-electron chi connectivity index (χ1n) is 5.25. The van der Waals surface area contributed by atoms with E-state index in [1.165, 1.54) is 0 Å². The van der Waals surface area contributed by atoms with Crippen molar-refractivity contribution in [2.45, 2.75) is 51.9 Å². The maximum absolute atomic E-state index is 6.37. The molecule has 0 rings (SSSR count). The molecular formula is C10H20Cl2Si2. The van der Waals surface area contributed by atoms with E-state index >= 15 is 0 Å². The third-order valence-electron chi connectivity index (χ3n) is 2.02. The zero-order valence-electron chi connectivity index (χ0n) is 9.58. The average Bonchev–Trinajstić information content (AvgIpc) is 2.01. The van der Waals surface area contributed by atoms with Crippen molar-refractivity contribution in [1.29, 1.82) is 0 Å². The van der Waals surface area contributed by atoms with Gasteiger partial charge in [0.1, 0.15) is 0 Å². The largest absolute Gasteiger partial charge is 0.230 e. The molecule has 2 unspecified atom stereocenters. The molecule has 2 atom stereocenters. The first-order valence-corrected chi connectivity index (χ1v) is 12.7. The van der Waals surface area contributed by atoms with Crippen molar-refractivity contribution < 1.29 is 0 Å². The van der Waals surface area contributed by atoms with E-state index in [4.69, 9.17) is 22.2 Å². The van der Waals surface area contributed by atoms with Gasteiger partial charge in [0, 0.05) is 0 Å². The molecule has 0 aliphatic carbocycles. The van der Waals surface area contributed by atoms with Crippen molar-refractivity contribution in [3.8, 4) is 11.1 Å². The summed E-state index contributed by atoms with van der Waals surface area (Å²) in [4.78, 5) is 0. The van der Waals surface area contributed by atoms with E-state index in [0.29, 0.717) is 0 Å². The van der Waals surface area contributed by atoms with Crippen molar-refractivity contribution in [3.05, 3.63) is 0 Å². The molecule has 0 heterocycles. The van der Waals surface area contributed by atoms with Gasteiger partial charge in [-0.25, -0.2) is 0 Å². The fourth-order valence-corrected chi connectivity index (χ4v) is 7.52. The molecule has 0 spiro atoms. The molecule has 0 saturated heterocycles. The predicted molar refractivity (Wildman–Crippen MR) is 72.9 cm³/mol. The van der Waals surface area contributed by atoms with Gasteiger partial charge in [0.25, 0.3) is 0 Å². The minimum Gasteiger partial charge on any atom is -0.150 e. The summed E-state index contributed by atoms with van der Waals surface area (Å²) >= 11 is 12.7. The molecule has 0 saturated carbocycles. The molecule has 0 fully saturated rings. The highest BCUT2D eigenvalue weighted by Crippen LogP contribution is 2.19. The molecule has 82 valence electrons. The van der Waals surface area contributed by atoms with Crippen molar-refractivity contribution in [1.82, 2.24) is 0 Å². The number of hydrogen-bond donors (Lipinski definition) is 0. The second kappa shape index (κ2) is 6.22. The van der Waals surface area contributed by atoms with E-state index < -0.39 is 14.8 Å². The Labute approximate surface area is 99.8 Å². The molecule has 0 aromatic heterocycles. The molecule has 0 N–H and O–H groups in total. The summed E-state index contributed by atoms with van der Waals surface area (Å²) < 4.78 is 0. The van der Waals surface area contributed by atoms with Gasteiger partial charge in [-0.3, -0.25) is 0 Å². The van der Waals surface area contributed by atoms with Gasteiger partial charge in [-0.2, -0.15) is 22.2 Å². The van der Waals surface area contributed by atoms with Gasteiger partial charge in [0.2, 0.25) is 14.8 Å². The van der Waals surface area contributed by atoms with Gasteiger partial charge in [0.15, 0.2) is 0 Å². The Bertz CT molecular complexity index is 204. The highest BCUT2D eigenvalue weighted by molar-refractivity contribution is 7.27. The van der Waals surface area contributed by atoms with Gasteiger partial charge in [-0.05, 0) is 25.2 Å². The summed E-state index contributed by atoms with van der Waals surface area (Å²) in [5, 5.41) is 0. The van der Waals surface area contributed by atoms with Crippen LogP contribution in [0.3, 0.4) is 0 Å². The average molecular weight is 267 g/mol. The maximum Gasteiger partial charge on any atom is 0.230 e. The van der Waals surface area contributed by atoms with E-state index in [1.54, 1.807) is 0 Å². The van der Waals surface area contributed by atoms with Gasteiger partial charge in [-0.1, -0.05) is 26.7 Å². The monoisotopic (exact) mass is 266 g/mol. The molecule has 0 bridgehead atoms. The van der Waals surface area contributed by atoms with Crippen LogP contribution in [0, 0.1) is 11.1 Å². The van der Waals surface area contributed by atoms with E-state index in [-0.39, 0.29) is 0 Å². The lowest BCUT2D eigenvalue weighted by atomic mass is 10.6. The summed E-state index contributed by atoms with van der Waals surface area (Å²) in [6, 6.07) is 2.13. The molecule has 0 amide bonds. The minimum atomic E-state index is -1.78. The summed E-state index contributed by atoms with van der Waals surface area (Å²) in [6.07, 6.45) is 2.24. The van der Waals surface area contributed by atoms with E-state index in [9.17, 15) is 0 Å². The first kappa shape index (κ1) is 14.6. The van der Waals surface area contributed by atoms with Crippen molar-refractivity contribution in [3.63, 3.8) is 0 Å². The predicted octanol–water partition coefficient (Wildman–Crippen LogP) is 4.52. The molecule has 0 radical (unpaired) electrons. The third-order valence-corrected chi connectivity index (χ3v) is 8.14. The molecule has 0 aliphatic rings. The fourth-order valence-electron chi connectivity index (χ4n) is 1.32. The Morgan fingerprint density at radius 2 is 1.14 bits per heavy atom. The second-order valence-electron chi connectivity index (χ2n) is 4.14. The first-order chi connectivity index (χ1) is 6.33. The van der Waals surface area contributed by atoms with Crippen LogP contribution in [0.5, 0.6) is 0 Å². The van der Waals surface area contributed by atoms with E-state index in [0.717, 1.165) is 24.9 Å². The van der Waals surface area contributed by atoms with Gasteiger partial charge in [-0.15, -0.1) is 11.1 Å². The van der Waals surface area contributed by atoms with Crippen LogP contribution in [0.25, 0.3) is 0 Å². The highest BCUT2D eigenvalue weighted by atomic mass is 35.6. The quantitative estimate of drug-likeness (QED) is 0.399. The van der Waals surface area contributed by atoms with Crippen LogP contribution in [0.1, 0.15) is 26.7 Å². The summed E-state index contributed by atoms with van der Waals surface area (Å²) in [5.74, 6) is 0. The zero-order valence-corrected chi connectivity index (χ0v) is 13.1. The van der Waals surface area contributed by atoms with Crippen molar-refractivity contribution >= 4 is 36.9 Å². The van der Waals surface area contributed by atoms with Crippen LogP contribution in [-0.4, -0.2) is 14.8 Å². The maximum atomic E-state index is 6.37. The lowest BCUT2D eigenvalue weighted by Crippen LogP contribution is -2.24. The summed E-state index contributed by atoms with van der Waals surface area (Å²) in [6.45, 7) is 8.52. The zero-order chi connectivity index (χ0) is 11.2. The lowest BCUT2D eigenvalue weighted by Gasteiger charge is -2.13.